The molecule has 0 radical (unpaired) electrons. The van der Waals surface area contributed by atoms with Crippen LogP contribution in [0.5, 0.6) is 0 Å². The van der Waals surface area contributed by atoms with Gasteiger partial charge in [0.15, 0.2) is 0 Å². The molecule has 2 unspecified atom stereocenters. The van der Waals surface area contributed by atoms with E-state index in [1.807, 2.05) is 6.92 Å². The van der Waals surface area contributed by atoms with E-state index in [1.165, 1.54) is 17.8 Å². The summed E-state index contributed by atoms with van der Waals surface area (Å²) in [6.45, 7) is 4.42. The van der Waals surface area contributed by atoms with Gasteiger partial charge in [-0.3, -0.25) is 0 Å². The van der Waals surface area contributed by atoms with Crippen molar-refractivity contribution in [3.8, 4) is 0 Å². The summed E-state index contributed by atoms with van der Waals surface area (Å²) in [5.41, 5.74) is 6.26. The first-order valence-corrected chi connectivity index (χ1v) is 7.29. The van der Waals surface area contributed by atoms with E-state index in [2.05, 4.69) is 11.9 Å². The van der Waals surface area contributed by atoms with Crippen LogP contribution in [-0.4, -0.2) is 17.1 Å². The fourth-order valence-electron chi connectivity index (χ4n) is 2.42. The number of rotatable bonds is 3. The molecule has 1 heterocycles. The summed E-state index contributed by atoms with van der Waals surface area (Å²) in [6, 6.07) is 0. The fraction of sp³-hybridized carbons (Fsp3) is 0.692. The quantitative estimate of drug-likeness (QED) is 0.856. The molecule has 1 aromatic rings. The maximum absolute atomic E-state index is 12.1. The second-order valence-corrected chi connectivity index (χ2v) is 6.11. The first-order chi connectivity index (χ1) is 8.60. The van der Waals surface area contributed by atoms with Crippen LogP contribution >= 0.6 is 11.3 Å². The molecular weight excluding hydrogens is 248 g/mol. The topological polar surface area (TPSA) is 65.2 Å². The number of thiazole rings is 1. The van der Waals surface area contributed by atoms with Crippen molar-refractivity contribution < 1.29 is 9.53 Å². The third kappa shape index (κ3) is 3.09. The lowest BCUT2D eigenvalue weighted by Crippen LogP contribution is -2.24. The summed E-state index contributed by atoms with van der Waals surface area (Å²) < 4.78 is 5.58. The van der Waals surface area contributed by atoms with Gasteiger partial charge in [0.1, 0.15) is 16.0 Å². The number of hydrogen-bond donors (Lipinski definition) is 1. The monoisotopic (exact) mass is 268 g/mol. The van der Waals surface area contributed by atoms with Crippen LogP contribution in [-0.2, 0) is 11.3 Å². The van der Waals surface area contributed by atoms with Gasteiger partial charge in [-0.2, -0.15) is 0 Å². The van der Waals surface area contributed by atoms with Crippen LogP contribution < -0.4 is 5.73 Å². The largest absolute Gasteiger partial charge is 0.458 e. The summed E-state index contributed by atoms with van der Waals surface area (Å²) in [4.78, 5) is 16.9. The van der Waals surface area contributed by atoms with E-state index in [4.69, 9.17) is 10.5 Å². The lowest BCUT2D eigenvalue weighted by molar-refractivity contribution is 0.0159. The Bertz CT molecular complexity index is 431. The van der Waals surface area contributed by atoms with E-state index in [0.717, 1.165) is 30.0 Å². The SMILES string of the molecule is Cc1nc(CN)sc1C(=O)OC1CCCC(C)C1. The normalized spacial score (nSPS) is 23.9. The molecule has 5 heteroatoms. The van der Waals surface area contributed by atoms with Gasteiger partial charge in [0.25, 0.3) is 0 Å². The molecule has 4 nitrogen and oxygen atoms in total. The first kappa shape index (κ1) is 13.5. The lowest BCUT2D eigenvalue weighted by atomic mass is 9.89. The van der Waals surface area contributed by atoms with E-state index in [9.17, 15) is 4.79 Å². The second kappa shape index (κ2) is 5.80. The van der Waals surface area contributed by atoms with Gasteiger partial charge in [0.2, 0.25) is 0 Å². The Hall–Kier alpha value is -0.940. The number of nitrogens with zero attached hydrogens (tertiary/aromatic N) is 1. The summed E-state index contributed by atoms with van der Waals surface area (Å²) in [7, 11) is 0. The van der Waals surface area contributed by atoms with Crippen molar-refractivity contribution in [3.63, 3.8) is 0 Å². The maximum Gasteiger partial charge on any atom is 0.350 e. The van der Waals surface area contributed by atoms with Crippen LogP contribution in [0.25, 0.3) is 0 Å². The summed E-state index contributed by atoms with van der Waals surface area (Å²) in [5.74, 6) is 0.419. The highest BCUT2D eigenvalue weighted by atomic mass is 32.1. The molecule has 0 aromatic carbocycles. The zero-order valence-electron chi connectivity index (χ0n) is 10.9. The Morgan fingerprint density at radius 2 is 2.33 bits per heavy atom. The van der Waals surface area contributed by atoms with E-state index < -0.39 is 0 Å². The summed E-state index contributed by atoms with van der Waals surface area (Å²) in [5, 5.41) is 0.788. The highest BCUT2D eigenvalue weighted by Gasteiger charge is 2.24. The van der Waals surface area contributed by atoms with Gasteiger partial charge in [-0.15, -0.1) is 11.3 Å². The number of aryl methyl sites for hydroxylation is 1. The molecule has 1 aliphatic carbocycles. The Morgan fingerprint density at radius 3 is 2.94 bits per heavy atom. The van der Waals surface area contributed by atoms with Gasteiger partial charge < -0.3 is 10.5 Å². The lowest BCUT2D eigenvalue weighted by Gasteiger charge is -2.26. The van der Waals surface area contributed by atoms with Gasteiger partial charge in [-0.05, 0) is 32.1 Å². The third-order valence-electron chi connectivity index (χ3n) is 3.36. The predicted molar refractivity (Wildman–Crippen MR) is 71.6 cm³/mol. The number of hydrogen-bond acceptors (Lipinski definition) is 5. The smallest absolute Gasteiger partial charge is 0.350 e. The predicted octanol–water partition coefficient (Wildman–Crippen LogP) is 2.65. The number of carbonyl (C=O) groups is 1. The highest BCUT2D eigenvalue weighted by Crippen LogP contribution is 2.27. The molecule has 0 aliphatic heterocycles. The minimum Gasteiger partial charge on any atom is -0.458 e. The van der Waals surface area contributed by atoms with Crippen LogP contribution in [0.4, 0.5) is 0 Å². The number of ether oxygens (including phenoxy) is 1. The number of esters is 1. The molecule has 1 aliphatic rings. The van der Waals surface area contributed by atoms with E-state index in [-0.39, 0.29) is 12.1 Å². The Balaban J connectivity index is 2.00. The molecule has 2 N–H and O–H groups in total. The van der Waals surface area contributed by atoms with Gasteiger partial charge in [0.05, 0.1) is 5.69 Å². The zero-order valence-corrected chi connectivity index (χ0v) is 11.8. The van der Waals surface area contributed by atoms with Crippen molar-refractivity contribution in [1.29, 1.82) is 0 Å². The number of nitrogens with two attached hydrogens (primary N) is 1. The van der Waals surface area contributed by atoms with Crippen molar-refractivity contribution in [3.05, 3.63) is 15.6 Å². The minimum atomic E-state index is -0.233. The standard InChI is InChI=1S/C13H20N2O2S/c1-8-4-3-5-10(6-8)17-13(16)12-9(2)15-11(7-14)18-12/h8,10H,3-7,14H2,1-2H3. The van der Waals surface area contributed by atoms with Crippen LogP contribution in [0, 0.1) is 12.8 Å². The van der Waals surface area contributed by atoms with Crippen LogP contribution in [0.3, 0.4) is 0 Å². The zero-order chi connectivity index (χ0) is 13.1. The average molecular weight is 268 g/mol. The van der Waals surface area contributed by atoms with Crippen molar-refractivity contribution in [1.82, 2.24) is 4.98 Å². The molecular formula is C13H20N2O2S. The Morgan fingerprint density at radius 1 is 1.56 bits per heavy atom. The molecule has 100 valence electrons. The van der Waals surface area contributed by atoms with Crippen molar-refractivity contribution >= 4 is 17.3 Å². The van der Waals surface area contributed by atoms with Crippen molar-refractivity contribution in [2.45, 2.75) is 52.2 Å². The average Bonchev–Trinajstić information content (AvgIpc) is 2.70. The molecule has 1 saturated carbocycles. The second-order valence-electron chi connectivity index (χ2n) is 5.03. The number of carbonyl (C=O) groups excluding carboxylic acids is 1. The molecule has 18 heavy (non-hydrogen) atoms. The fourth-order valence-corrected chi connectivity index (χ4v) is 3.25. The molecule has 1 fully saturated rings. The summed E-state index contributed by atoms with van der Waals surface area (Å²) in [6.07, 6.45) is 4.43. The molecule has 2 atom stereocenters. The first-order valence-electron chi connectivity index (χ1n) is 6.47. The van der Waals surface area contributed by atoms with Crippen LogP contribution in [0.1, 0.15) is 53.0 Å². The highest BCUT2D eigenvalue weighted by molar-refractivity contribution is 7.13. The Kier molecular flexibility index (Phi) is 4.35. The minimum absolute atomic E-state index is 0.0732. The van der Waals surface area contributed by atoms with Crippen LogP contribution in [0.15, 0.2) is 0 Å². The third-order valence-corrected chi connectivity index (χ3v) is 4.52. The van der Waals surface area contributed by atoms with Crippen molar-refractivity contribution in [2.24, 2.45) is 11.7 Å². The molecule has 2 rings (SSSR count). The van der Waals surface area contributed by atoms with E-state index >= 15 is 0 Å². The van der Waals surface area contributed by atoms with Gasteiger partial charge in [-0.25, -0.2) is 9.78 Å². The van der Waals surface area contributed by atoms with Gasteiger partial charge in [0, 0.05) is 6.54 Å². The summed E-state index contributed by atoms with van der Waals surface area (Å²) >= 11 is 1.35. The van der Waals surface area contributed by atoms with E-state index in [0.29, 0.717) is 17.3 Å². The molecule has 0 saturated heterocycles. The molecule has 0 bridgehead atoms. The van der Waals surface area contributed by atoms with Crippen molar-refractivity contribution in [2.75, 3.05) is 0 Å². The van der Waals surface area contributed by atoms with E-state index in [1.54, 1.807) is 0 Å². The van der Waals surface area contributed by atoms with Gasteiger partial charge in [-0.1, -0.05) is 13.3 Å². The maximum atomic E-state index is 12.1. The van der Waals surface area contributed by atoms with Crippen LogP contribution in [0.2, 0.25) is 0 Å². The molecule has 1 aromatic heterocycles. The number of aromatic nitrogens is 1. The Labute approximate surface area is 112 Å². The molecule has 0 amide bonds. The van der Waals surface area contributed by atoms with Gasteiger partial charge >= 0.3 is 5.97 Å². The molecule has 0 spiro atoms.